The molecule has 6 heterocycles. The first kappa shape index (κ1) is 98.1. The van der Waals surface area contributed by atoms with Crippen LogP contribution in [0.15, 0.2) is 109 Å². The predicted molar refractivity (Wildman–Crippen MR) is 510 cm³/mol. The highest BCUT2D eigenvalue weighted by atomic mass is 127. The molecule has 0 saturated heterocycles. The summed E-state index contributed by atoms with van der Waals surface area (Å²) in [4.78, 5) is 99.8. The summed E-state index contributed by atoms with van der Waals surface area (Å²) in [6, 6.07) is 32.0. The molecule has 33 nitrogen and oxygen atoms in total. The number of nitrogen functional groups attached to an aromatic ring is 3. The number of phenolic OH excluding ortho intramolecular Hbond substituents is 4. The van der Waals surface area contributed by atoms with Crippen molar-refractivity contribution in [2.45, 2.75) is 156 Å². The minimum absolute atomic E-state index is 0.0293. The van der Waals surface area contributed by atoms with Crippen molar-refractivity contribution in [1.29, 1.82) is 0 Å². The lowest BCUT2D eigenvalue weighted by Gasteiger charge is -2.16. The van der Waals surface area contributed by atoms with Crippen LogP contribution in [0.4, 0.5) is 17.5 Å². The Bertz CT molecular complexity index is 5790. The van der Waals surface area contributed by atoms with Gasteiger partial charge in [-0.25, -0.2) is 39.0 Å². The number of alkyl halides is 3. The molecule has 12 rings (SSSR count). The number of nitrogens with two attached hydrogens (primary N) is 3. The second kappa shape index (κ2) is 48.2. The fraction of sp³-hybridized carbons (Fsp3) is 0.414. The number of rotatable bonds is 46. The van der Waals surface area contributed by atoms with Gasteiger partial charge in [0.15, 0.2) is 40.5 Å². The van der Waals surface area contributed by atoms with E-state index in [2.05, 4.69) is 74.4 Å². The third-order valence-corrected chi connectivity index (χ3v) is 23.4. The number of halogens is 3. The lowest BCUT2D eigenvalue weighted by Crippen LogP contribution is -2.25. The maximum Gasteiger partial charge on any atom is 0.524 e. The first-order chi connectivity index (χ1) is 60.1. The van der Waals surface area contributed by atoms with E-state index < -0.39 is 15.6 Å². The van der Waals surface area contributed by atoms with Crippen molar-refractivity contribution < 1.29 is 86.8 Å². The van der Waals surface area contributed by atoms with E-state index in [-0.39, 0.29) is 71.1 Å². The summed E-state index contributed by atoms with van der Waals surface area (Å²) in [5.41, 5.74) is 30.4. The van der Waals surface area contributed by atoms with Crippen LogP contribution in [0.25, 0.3) is 65.8 Å². The minimum atomic E-state index is -4.93. The number of carbonyl (C=O) groups is 3. The molecule has 125 heavy (non-hydrogen) atoms. The number of unbranched alkanes of at least 4 members (excludes halogenated alkanes) is 3. The van der Waals surface area contributed by atoms with Crippen LogP contribution in [0.1, 0.15) is 149 Å². The van der Waals surface area contributed by atoms with E-state index in [9.17, 15) is 63.5 Å². The molecule has 3 amide bonds. The maximum absolute atomic E-state index is 11.7. The highest BCUT2D eigenvalue weighted by Gasteiger charge is 2.28. The molecule has 0 unspecified atom stereocenters. The number of hydrogen-bond donors (Lipinski definition) is 14. The lowest BCUT2D eigenvalue weighted by atomic mass is 10.1. The van der Waals surface area contributed by atoms with Gasteiger partial charge in [-0.05, 0) is 142 Å². The monoisotopic (exact) mass is 2100 g/mol. The molecule has 0 atom stereocenters. The Hall–Kier alpha value is -9.06. The number of aromatic nitrogens is 9. The van der Waals surface area contributed by atoms with Crippen molar-refractivity contribution >= 4 is 184 Å². The molecule has 6 aromatic carbocycles. The smallest absolute Gasteiger partial charge is 0.508 e. The number of benzene rings is 6. The quantitative estimate of drug-likeness (QED) is 0.00554. The third-order valence-electron chi connectivity index (χ3n) is 20.4. The highest BCUT2D eigenvalue weighted by molar-refractivity contribution is 14.1. The minimum Gasteiger partial charge on any atom is -0.508 e. The second-order valence-corrected chi connectivity index (χ2v) is 34.6. The van der Waals surface area contributed by atoms with E-state index >= 15 is 0 Å². The number of hydrogen-bond acceptors (Lipinski definition) is 23. The lowest BCUT2D eigenvalue weighted by molar-refractivity contribution is -0.119. The number of nitrogens with one attached hydrogen (secondary N) is 3. The SMILES string of the molecule is CCCCc1nc2c(N)nc3cc(CCCOCCCNC(=O)CI)ccc3c2n1Cc1cc(O)ccc1O.CCCCc1nc2c(N)nc3cc(CCCOCCCNC(=O)CI)ccc3c2n1Cc1cccc(O)c1OP(=O)(O)O.CCCCc1nc2c(N)nc3cc(CCCOCCCNC(=O)CI)ccc3c2n1Cc1cccc(OP(=O)(O)O)c1O. The zero-order valence-electron chi connectivity index (χ0n) is 70.2. The topological polar surface area (TPSA) is 500 Å². The normalized spacial score (nSPS) is 11.7. The van der Waals surface area contributed by atoms with Crippen molar-refractivity contribution in [1.82, 2.24) is 59.6 Å². The molecular weight excluding hydrogens is 1990 g/mol. The number of ether oxygens (including phenoxy) is 3. The summed E-state index contributed by atoms with van der Waals surface area (Å²) in [5.74, 6) is 2.41. The molecule has 0 aliphatic heterocycles. The van der Waals surface area contributed by atoms with Gasteiger partial charge in [-0.2, -0.15) is 0 Å². The number of nitrogens with zero attached hydrogens (tertiary/aromatic N) is 9. The number of phosphoric acid groups is 2. The van der Waals surface area contributed by atoms with Gasteiger partial charge < -0.3 is 90.5 Å². The number of phosphoric ester groups is 2. The van der Waals surface area contributed by atoms with Gasteiger partial charge in [0.2, 0.25) is 17.7 Å². The summed E-state index contributed by atoms with van der Waals surface area (Å²) in [7, 11) is -9.78. The first-order valence-corrected chi connectivity index (χ1v) is 49.3. The van der Waals surface area contributed by atoms with Gasteiger partial charge in [0, 0.05) is 111 Å². The summed E-state index contributed by atoms with van der Waals surface area (Å²) < 4.78 is 57.2. The van der Waals surface area contributed by atoms with Crippen molar-refractivity contribution in [3.8, 4) is 34.5 Å². The van der Waals surface area contributed by atoms with E-state index in [1.54, 1.807) is 30.3 Å². The van der Waals surface area contributed by atoms with E-state index in [1.807, 2.05) is 113 Å². The van der Waals surface area contributed by atoms with Crippen LogP contribution in [-0.2, 0) is 95.9 Å². The predicted octanol–water partition coefficient (Wildman–Crippen LogP) is 14.1. The van der Waals surface area contributed by atoms with Gasteiger partial charge in [0.25, 0.3) is 0 Å². The molecule has 6 aromatic heterocycles. The molecule has 0 aliphatic carbocycles. The number of pyridine rings is 3. The zero-order chi connectivity index (χ0) is 89.7. The Morgan fingerprint density at radius 3 is 1.14 bits per heavy atom. The van der Waals surface area contributed by atoms with Gasteiger partial charge >= 0.3 is 15.6 Å². The fourth-order valence-electron chi connectivity index (χ4n) is 14.4. The molecule has 0 spiro atoms. The van der Waals surface area contributed by atoms with Gasteiger partial charge in [-0.3, -0.25) is 34.0 Å². The molecule has 672 valence electrons. The van der Waals surface area contributed by atoms with Crippen molar-refractivity contribution in [3.63, 3.8) is 0 Å². The number of fused-ring (bicyclic) bond motifs is 9. The van der Waals surface area contributed by atoms with Crippen molar-refractivity contribution in [2.75, 3.05) is 89.8 Å². The standard InChI is InChI=1S/2C29H37IN5O7P.C29H36IN5O4/c1-2-3-10-24-34-26-27(35(24)18-20-8-4-9-23(28(20)37)42-43(38,39)40)21-12-11-19(16-22(21)33-29(26)31)7-5-14-41-15-6-13-32-25(36)17-30;1-2-3-10-24-34-26-27(35(24)18-20-8-4-9-23(36)28(20)42-43(38,39)40)21-12-11-19(16-22(21)33-29(26)31)7-5-14-41-15-6-13-32-25(37)17-30;1-2-3-7-25-34-27-28(35(25)18-20-16-21(36)9-11-24(20)37)22-10-8-19(15-23(22)33-29(27)31)6-4-13-39-14-5-12-32-26(38)17-30/h4,8-9,11-12,16,37H,2-3,5-7,10,13-15,17-18H2,1H3,(H2,31,33)(H,32,36)(H2,38,39,40);4,8-9,11-12,16,36H,2-3,5-7,10,13-15,17-18H2,1H3,(H2,31,33)(H,32,37)(H2,38,39,40);8-11,15-16,36-37H,2-7,12-14,17-18H2,1H3,(H2,31,33)(H,32,38). The van der Waals surface area contributed by atoms with Crippen LogP contribution >= 0.6 is 83.4 Å². The Balaban J connectivity index is 0.000000196. The largest absolute Gasteiger partial charge is 0.524 e. The van der Waals surface area contributed by atoms with Crippen LogP contribution in [0, 0.1) is 0 Å². The average Bonchev–Trinajstić information content (AvgIpc) is 1.68. The molecule has 0 saturated carbocycles. The molecule has 12 aromatic rings. The van der Waals surface area contributed by atoms with Crippen LogP contribution in [0.3, 0.4) is 0 Å². The molecule has 0 fully saturated rings. The summed E-state index contributed by atoms with van der Waals surface area (Å²) in [6.07, 6.45) is 15.0. The Labute approximate surface area is 765 Å². The van der Waals surface area contributed by atoms with Crippen LogP contribution < -0.4 is 42.2 Å². The summed E-state index contributed by atoms with van der Waals surface area (Å²) >= 11 is 6.11. The number of imidazole rings is 3. The molecular formula is C87H110I3N15O18P2. The molecule has 0 bridgehead atoms. The number of para-hydroxylation sites is 2. The van der Waals surface area contributed by atoms with Gasteiger partial charge in [-0.1, -0.05) is 168 Å². The zero-order valence-corrected chi connectivity index (χ0v) is 78.4. The first-order valence-electron chi connectivity index (χ1n) is 41.7. The van der Waals surface area contributed by atoms with Crippen molar-refractivity contribution in [3.05, 3.63) is 160 Å². The molecule has 0 aliphatic rings. The molecule has 38 heteroatoms. The second-order valence-electron chi connectivity index (χ2n) is 30.0. The maximum atomic E-state index is 11.7. The number of aromatic hydroxyl groups is 4. The van der Waals surface area contributed by atoms with Crippen LogP contribution in [0.2, 0.25) is 0 Å². The van der Waals surface area contributed by atoms with Gasteiger partial charge in [-0.15, -0.1) is 0 Å². The molecule has 0 radical (unpaired) electrons. The number of carbonyl (C=O) groups excluding carboxylic acids is 3. The average molecular weight is 2100 g/mol. The van der Waals surface area contributed by atoms with Gasteiger partial charge in [0.1, 0.15) is 45.5 Å². The van der Waals surface area contributed by atoms with E-state index in [4.69, 9.17) is 55.4 Å². The summed E-state index contributed by atoms with van der Waals surface area (Å²) in [6.45, 7) is 12.5. The Morgan fingerprint density at radius 2 is 0.768 bits per heavy atom. The number of aryl methyl sites for hydroxylation is 6. The fourth-order valence-corrected chi connectivity index (χ4v) is 16.0. The van der Waals surface area contributed by atoms with E-state index in [0.717, 1.165) is 181 Å². The van der Waals surface area contributed by atoms with Crippen molar-refractivity contribution in [2.24, 2.45) is 0 Å². The van der Waals surface area contributed by atoms with E-state index in [0.29, 0.717) is 142 Å². The van der Waals surface area contributed by atoms with Crippen LogP contribution in [0.5, 0.6) is 34.5 Å². The Morgan fingerprint density at radius 1 is 0.408 bits per heavy atom. The number of anilines is 3. The van der Waals surface area contributed by atoms with Gasteiger partial charge in [0.05, 0.1) is 66.0 Å². The van der Waals surface area contributed by atoms with Crippen LogP contribution in [-0.4, -0.2) is 174 Å². The number of amides is 3. The third kappa shape index (κ3) is 28.2. The Kier molecular flexibility index (Phi) is 37.8. The number of phenols is 4. The summed E-state index contributed by atoms with van der Waals surface area (Å²) in [5, 5.41) is 52.8. The highest BCUT2D eigenvalue weighted by Crippen LogP contribution is 2.46. The molecule has 17 N–H and O–H groups in total. The van der Waals surface area contributed by atoms with E-state index in [1.165, 1.54) is 24.3 Å².